The summed E-state index contributed by atoms with van der Waals surface area (Å²) in [5, 5.41) is 8.66. The first-order valence-electron chi connectivity index (χ1n) is 8.67. The second-order valence-corrected chi connectivity index (χ2v) is 5.66. The maximum Gasteiger partial charge on any atom is 0.0431 e. The van der Waals surface area contributed by atoms with Crippen LogP contribution in [0, 0.1) is 0 Å². The first-order valence-corrected chi connectivity index (χ1v) is 8.67. The van der Waals surface area contributed by atoms with Gasteiger partial charge in [0.15, 0.2) is 0 Å². The molecule has 0 aliphatic heterocycles. The molecule has 0 aromatic heterocycles. The number of aliphatic hydroxyl groups is 1. The van der Waals surface area contributed by atoms with Gasteiger partial charge in [0.25, 0.3) is 0 Å². The summed E-state index contributed by atoms with van der Waals surface area (Å²) in [4.78, 5) is 0. The van der Waals surface area contributed by atoms with Crippen LogP contribution in [0.3, 0.4) is 0 Å². The monoisotopic (exact) mass is 291 g/mol. The van der Waals surface area contributed by atoms with Crippen molar-refractivity contribution in [2.24, 2.45) is 0 Å². The van der Waals surface area contributed by atoms with E-state index in [0.717, 1.165) is 6.42 Å². The Labute approximate surface area is 149 Å². The van der Waals surface area contributed by atoms with Crippen LogP contribution in [0.15, 0.2) is 12.2 Å². The average molecular weight is 291 g/mol. The molecule has 0 aromatic carbocycles. The Bertz CT molecular complexity index is 180. The summed E-state index contributed by atoms with van der Waals surface area (Å²) in [6, 6.07) is 0. The van der Waals surface area contributed by atoms with Crippen LogP contribution >= 0.6 is 0 Å². The van der Waals surface area contributed by atoms with Gasteiger partial charge in [0, 0.05) is 36.2 Å². The minimum Gasteiger partial charge on any atom is -0.396 e. The number of hydrogen-bond acceptors (Lipinski definition) is 1. The van der Waals surface area contributed by atoms with Crippen molar-refractivity contribution in [3.05, 3.63) is 12.2 Å². The molecule has 0 bridgehead atoms. The normalized spacial score (nSPS) is 10.9. The summed E-state index contributed by atoms with van der Waals surface area (Å²) in [7, 11) is 0. The van der Waals surface area contributed by atoms with Gasteiger partial charge in [-0.1, -0.05) is 76.9 Å². The van der Waals surface area contributed by atoms with Crippen molar-refractivity contribution in [2.75, 3.05) is 6.61 Å². The molecule has 0 aliphatic carbocycles. The molecule has 0 saturated carbocycles. The summed E-state index contributed by atoms with van der Waals surface area (Å²) in [6.45, 7) is 2.64. The number of unbranched alkanes of at least 4 members (excludes halogenated alkanes) is 12. The fourth-order valence-corrected chi connectivity index (χ4v) is 2.36. The number of aliphatic hydroxyl groups excluding tert-OH is 1. The van der Waals surface area contributed by atoms with Crippen LogP contribution in [-0.2, 0) is 0 Å². The van der Waals surface area contributed by atoms with Crippen molar-refractivity contribution in [1.29, 1.82) is 0 Å². The number of allylic oxidation sites excluding steroid dienone is 2. The Morgan fingerprint density at radius 1 is 0.600 bits per heavy atom. The fourth-order valence-electron chi connectivity index (χ4n) is 2.36. The minimum atomic E-state index is 0. The first-order chi connectivity index (χ1) is 9.41. The van der Waals surface area contributed by atoms with E-state index in [4.69, 9.17) is 5.11 Å². The molecule has 0 rings (SSSR count). The van der Waals surface area contributed by atoms with E-state index in [0.29, 0.717) is 6.61 Å². The summed E-state index contributed by atoms with van der Waals surface area (Å²) in [5.41, 5.74) is 0. The standard InChI is InChI=1S/C18H36O.Na/c1-2-3-4-5-6-7-8-9-10-11-12-13-14-15-16-17-18-19;/h9-10,19H,2-8,11-18H2,1H3;/b10-9-;. The molecule has 0 amide bonds. The molecular formula is C18H36NaO. The molecule has 0 unspecified atom stereocenters. The zero-order valence-electron chi connectivity index (χ0n) is 14.2. The van der Waals surface area contributed by atoms with E-state index in [2.05, 4.69) is 19.1 Å². The molecule has 115 valence electrons. The molecule has 0 aromatic rings. The molecule has 0 spiro atoms. The minimum absolute atomic E-state index is 0. The number of hydrogen-bond donors (Lipinski definition) is 1. The molecule has 1 N–H and O–H groups in total. The molecule has 2 heteroatoms. The summed E-state index contributed by atoms with van der Waals surface area (Å²) >= 11 is 0. The third-order valence-electron chi connectivity index (χ3n) is 3.67. The van der Waals surface area contributed by atoms with Gasteiger partial charge in [-0.3, -0.25) is 0 Å². The molecular weight excluding hydrogens is 255 g/mol. The predicted molar refractivity (Wildman–Crippen MR) is 92.3 cm³/mol. The SMILES string of the molecule is CCCCCCCC/C=C\CCCCCCCCO.[Na]. The second kappa shape index (κ2) is 22.0. The molecule has 1 nitrogen and oxygen atoms in total. The molecule has 0 heterocycles. The average Bonchev–Trinajstić information content (AvgIpc) is 2.43. The van der Waals surface area contributed by atoms with Gasteiger partial charge in [-0.25, -0.2) is 0 Å². The predicted octanol–water partition coefficient (Wildman–Crippen LogP) is 5.64. The Morgan fingerprint density at radius 3 is 1.45 bits per heavy atom. The molecule has 1 radical (unpaired) electrons. The number of rotatable bonds is 15. The van der Waals surface area contributed by atoms with Crippen LogP contribution in [0.1, 0.15) is 96.8 Å². The van der Waals surface area contributed by atoms with Crippen molar-refractivity contribution in [3.63, 3.8) is 0 Å². The summed E-state index contributed by atoms with van der Waals surface area (Å²) in [5.74, 6) is 0. The van der Waals surface area contributed by atoms with Gasteiger partial charge in [-0.2, -0.15) is 0 Å². The molecule has 20 heavy (non-hydrogen) atoms. The van der Waals surface area contributed by atoms with Crippen molar-refractivity contribution >= 4 is 29.6 Å². The molecule has 0 saturated heterocycles. The fraction of sp³-hybridized carbons (Fsp3) is 0.889. The molecule has 0 aliphatic rings. The van der Waals surface area contributed by atoms with Gasteiger partial charge in [-0.05, 0) is 32.1 Å². The van der Waals surface area contributed by atoms with Crippen molar-refractivity contribution in [3.8, 4) is 0 Å². The smallest absolute Gasteiger partial charge is 0.0431 e. The van der Waals surface area contributed by atoms with Crippen LogP contribution in [0.2, 0.25) is 0 Å². The second-order valence-electron chi connectivity index (χ2n) is 5.66. The van der Waals surface area contributed by atoms with E-state index < -0.39 is 0 Å². The van der Waals surface area contributed by atoms with E-state index >= 15 is 0 Å². The van der Waals surface area contributed by atoms with Gasteiger partial charge in [0.1, 0.15) is 0 Å². The van der Waals surface area contributed by atoms with Crippen molar-refractivity contribution in [2.45, 2.75) is 96.8 Å². The maximum atomic E-state index is 8.66. The van der Waals surface area contributed by atoms with E-state index in [1.165, 1.54) is 83.5 Å². The third-order valence-corrected chi connectivity index (χ3v) is 3.67. The van der Waals surface area contributed by atoms with Gasteiger partial charge < -0.3 is 5.11 Å². The van der Waals surface area contributed by atoms with Crippen LogP contribution in [0.25, 0.3) is 0 Å². The first kappa shape index (κ1) is 23.0. The summed E-state index contributed by atoms with van der Waals surface area (Å²) in [6.07, 6.45) is 23.2. The quantitative estimate of drug-likeness (QED) is 0.235. The Morgan fingerprint density at radius 2 is 1.00 bits per heavy atom. The van der Waals surface area contributed by atoms with Gasteiger partial charge in [0.05, 0.1) is 0 Å². The van der Waals surface area contributed by atoms with E-state index in [-0.39, 0.29) is 29.6 Å². The summed E-state index contributed by atoms with van der Waals surface area (Å²) < 4.78 is 0. The van der Waals surface area contributed by atoms with Gasteiger partial charge in [-0.15, -0.1) is 0 Å². The molecule has 0 fully saturated rings. The van der Waals surface area contributed by atoms with Crippen molar-refractivity contribution in [1.82, 2.24) is 0 Å². The third kappa shape index (κ3) is 21.0. The maximum absolute atomic E-state index is 8.66. The van der Waals surface area contributed by atoms with Gasteiger partial charge in [0.2, 0.25) is 0 Å². The van der Waals surface area contributed by atoms with Crippen LogP contribution < -0.4 is 0 Å². The van der Waals surface area contributed by atoms with E-state index in [9.17, 15) is 0 Å². The van der Waals surface area contributed by atoms with Crippen LogP contribution in [0.4, 0.5) is 0 Å². The van der Waals surface area contributed by atoms with Crippen LogP contribution in [0.5, 0.6) is 0 Å². The topological polar surface area (TPSA) is 20.2 Å². The van der Waals surface area contributed by atoms with Gasteiger partial charge >= 0.3 is 0 Å². The van der Waals surface area contributed by atoms with E-state index in [1.807, 2.05) is 0 Å². The largest absolute Gasteiger partial charge is 0.396 e. The van der Waals surface area contributed by atoms with Crippen LogP contribution in [-0.4, -0.2) is 41.3 Å². The Kier molecular flexibility index (Phi) is 25.3. The zero-order valence-corrected chi connectivity index (χ0v) is 16.2. The van der Waals surface area contributed by atoms with E-state index in [1.54, 1.807) is 0 Å². The zero-order chi connectivity index (χ0) is 14.0. The van der Waals surface area contributed by atoms with Crippen molar-refractivity contribution < 1.29 is 5.11 Å². The Balaban J connectivity index is 0. The molecule has 0 atom stereocenters. The Hall–Kier alpha value is 0.700.